The van der Waals surface area contributed by atoms with Gasteiger partial charge in [-0.2, -0.15) is 0 Å². The Kier molecular flexibility index (Phi) is 43.4. The molecule has 0 spiro atoms. The van der Waals surface area contributed by atoms with Gasteiger partial charge in [0.2, 0.25) is 0 Å². The molecule has 0 amide bonds. The van der Waals surface area contributed by atoms with Crippen molar-refractivity contribution in [2.75, 3.05) is 52.9 Å². The van der Waals surface area contributed by atoms with Crippen molar-refractivity contribution < 1.29 is 62.2 Å². The van der Waals surface area contributed by atoms with E-state index < -0.39 is 36.0 Å². The van der Waals surface area contributed by atoms with E-state index in [-0.39, 0.29) is 94.9 Å². The van der Waals surface area contributed by atoms with Gasteiger partial charge in [0.05, 0.1) is 49.9 Å². The molecule has 0 radical (unpaired) electrons. The normalized spacial score (nSPS) is 11.8. The van der Waals surface area contributed by atoms with E-state index >= 15 is 0 Å². The number of benzene rings is 1. The largest absolute Gasteiger partial charge is 0.508 e. The first-order chi connectivity index (χ1) is 34.2. The molecule has 0 aliphatic rings. The average Bonchev–Trinajstić information content (AvgIpc) is 3.34. The first kappa shape index (κ1) is 64.1. The van der Waals surface area contributed by atoms with E-state index in [1.165, 1.54) is 95.2 Å². The number of aromatic hydroxyl groups is 1. The Bertz CT molecular complexity index is 1550. The Balaban J connectivity index is 2.33. The summed E-state index contributed by atoms with van der Waals surface area (Å²) in [5.74, 6) is -2.82. The van der Waals surface area contributed by atoms with Gasteiger partial charge in [-0.15, -0.1) is 0 Å². The molecule has 400 valence electrons. The molecule has 1 rings (SSSR count). The number of carbonyl (C=O) groups is 5. The Morgan fingerprint density at radius 2 is 0.857 bits per heavy atom. The fourth-order valence-electron chi connectivity index (χ4n) is 7.31. The average molecular weight is 1010 g/mol. The van der Waals surface area contributed by atoms with E-state index in [0.29, 0.717) is 12.8 Å². The number of halogens is 1. The maximum absolute atomic E-state index is 12.8. The van der Waals surface area contributed by atoms with Crippen LogP contribution in [0.3, 0.4) is 0 Å². The standard InChI is InChI=1S/C56H91ClO13/c1-3-5-7-9-11-13-15-17-19-21-23-25-27-29-31-33-52(59)68-46-49(70-55(62)34-32-30-28-26-24-22-20-18-16-14-12-10-8-6-4-2)47-69-54(61)38-37-53(60)66-43-41-64-39-40-65-42-44-67-56(63)50-36-35-48(58)45-51(50)57/h17-20,35-36,45,49,58H,3-16,21-34,37-44,46-47H2,1-2H3/b19-17-,20-18-/t49-/m1/s1. The van der Waals surface area contributed by atoms with Crippen molar-refractivity contribution in [3.8, 4) is 5.75 Å². The molecule has 1 aromatic carbocycles. The third-order valence-electron chi connectivity index (χ3n) is 11.5. The zero-order valence-corrected chi connectivity index (χ0v) is 44.0. The van der Waals surface area contributed by atoms with E-state index in [4.69, 9.17) is 44.8 Å². The smallest absolute Gasteiger partial charge is 0.339 e. The van der Waals surface area contributed by atoms with Crippen LogP contribution in [-0.2, 0) is 52.3 Å². The lowest BCUT2D eigenvalue weighted by atomic mass is 10.1. The minimum atomic E-state index is -0.967. The first-order valence-corrected chi connectivity index (χ1v) is 27.3. The summed E-state index contributed by atoms with van der Waals surface area (Å²) in [7, 11) is 0. The van der Waals surface area contributed by atoms with Crippen LogP contribution in [0.1, 0.15) is 217 Å². The van der Waals surface area contributed by atoms with Gasteiger partial charge < -0.3 is 38.3 Å². The van der Waals surface area contributed by atoms with Crippen molar-refractivity contribution >= 4 is 41.4 Å². The predicted molar refractivity (Wildman–Crippen MR) is 276 cm³/mol. The zero-order valence-electron chi connectivity index (χ0n) is 43.2. The topological polar surface area (TPSA) is 170 Å². The molecule has 0 saturated carbocycles. The predicted octanol–water partition coefficient (Wildman–Crippen LogP) is 13.6. The molecule has 1 atom stereocenters. The highest BCUT2D eigenvalue weighted by atomic mass is 35.5. The monoisotopic (exact) mass is 1010 g/mol. The van der Waals surface area contributed by atoms with Gasteiger partial charge in [0.1, 0.15) is 32.2 Å². The fourth-order valence-corrected chi connectivity index (χ4v) is 7.56. The lowest BCUT2D eigenvalue weighted by Gasteiger charge is -2.18. The highest BCUT2D eigenvalue weighted by molar-refractivity contribution is 6.33. The van der Waals surface area contributed by atoms with Crippen LogP contribution in [0.15, 0.2) is 42.5 Å². The Hall–Kier alpha value is -3.94. The van der Waals surface area contributed by atoms with Gasteiger partial charge in [0.25, 0.3) is 0 Å². The molecule has 0 heterocycles. The molecule has 0 unspecified atom stereocenters. The molecule has 0 fully saturated rings. The molecule has 1 N–H and O–H groups in total. The molecular formula is C56H91ClO13. The van der Waals surface area contributed by atoms with Crippen LogP contribution >= 0.6 is 11.6 Å². The van der Waals surface area contributed by atoms with Crippen molar-refractivity contribution in [3.63, 3.8) is 0 Å². The molecule has 13 nitrogen and oxygen atoms in total. The maximum Gasteiger partial charge on any atom is 0.339 e. The molecule has 0 aliphatic carbocycles. The lowest BCUT2D eigenvalue weighted by molar-refractivity contribution is -0.167. The number of carbonyl (C=O) groups excluding carboxylic acids is 5. The van der Waals surface area contributed by atoms with Gasteiger partial charge >= 0.3 is 29.8 Å². The van der Waals surface area contributed by atoms with Crippen LogP contribution in [0.4, 0.5) is 0 Å². The summed E-state index contributed by atoms with van der Waals surface area (Å²) in [4.78, 5) is 62.3. The van der Waals surface area contributed by atoms with Crippen molar-refractivity contribution in [3.05, 3.63) is 53.1 Å². The van der Waals surface area contributed by atoms with Gasteiger partial charge in [0, 0.05) is 12.8 Å². The van der Waals surface area contributed by atoms with Gasteiger partial charge in [-0.3, -0.25) is 19.2 Å². The molecule has 0 aliphatic heterocycles. The van der Waals surface area contributed by atoms with Gasteiger partial charge in [-0.25, -0.2) is 4.79 Å². The summed E-state index contributed by atoms with van der Waals surface area (Å²) in [6.07, 6.45) is 38.3. The number of esters is 5. The zero-order chi connectivity index (χ0) is 51.0. The number of phenolic OH excluding ortho intramolecular Hbond substituents is 1. The van der Waals surface area contributed by atoms with Crippen molar-refractivity contribution in [1.29, 1.82) is 0 Å². The summed E-state index contributed by atoms with van der Waals surface area (Å²) < 4.78 is 37.4. The third kappa shape index (κ3) is 40.8. The van der Waals surface area contributed by atoms with E-state index in [0.717, 1.165) is 77.0 Å². The lowest BCUT2D eigenvalue weighted by Crippen LogP contribution is -2.31. The van der Waals surface area contributed by atoms with Crippen LogP contribution in [0.25, 0.3) is 0 Å². The quantitative estimate of drug-likeness (QED) is 0.0283. The SMILES string of the molecule is CCCCCCCC/C=C\CCCCCCCC(=O)OC[C@H](COC(=O)CCC(=O)OCCOCCOCCOC(=O)c1ccc(O)cc1Cl)OC(=O)CCCCCCC/C=C\CCCCCCCC. The number of ether oxygens (including phenoxy) is 7. The Morgan fingerprint density at radius 1 is 0.471 bits per heavy atom. The molecule has 14 heteroatoms. The fraction of sp³-hybridized carbons (Fsp3) is 0.732. The van der Waals surface area contributed by atoms with Crippen molar-refractivity contribution in [2.24, 2.45) is 0 Å². The van der Waals surface area contributed by atoms with Gasteiger partial charge in [-0.05, 0) is 82.4 Å². The number of hydrogen-bond donors (Lipinski definition) is 1. The second kappa shape index (κ2) is 47.4. The number of allylic oxidation sites excluding steroid dienone is 4. The number of phenols is 1. The molecular weight excluding hydrogens is 916 g/mol. The molecule has 70 heavy (non-hydrogen) atoms. The maximum atomic E-state index is 12.8. The summed E-state index contributed by atoms with van der Waals surface area (Å²) in [5.41, 5.74) is 0.133. The summed E-state index contributed by atoms with van der Waals surface area (Å²) in [5, 5.41) is 9.49. The summed E-state index contributed by atoms with van der Waals surface area (Å²) in [6, 6.07) is 3.96. The first-order valence-electron chi connectivity index (χ1n) is 26.9. The van der Waals surface area contributed by atoms with E-state index in [1.807, 2.05) is 0 Å². The summed E-state index contributed by atoms with van der Waals surface area (Å²) in [6.45, 7) is 4.55. The molecule has 0 bridgehead atoms. The number of hydrogen-bond acceptors (Lipinski definition) is 13. The minimum Gasteiger partial charge on any atom is -0.508 e. The van der Waals surface area contributed by atoms with Gasteiger partial charge in [-0.1, -0.05) is 152 Å². The van der Waals surface area contributed by atoms with Crippen LogP contribution in [-0.4, -0.2) is 93.9 Å². The Morgan fingerprint density at radius 3 is 1.33 bits per heavy atom. The van der Waals surface area contributed by atoms with E-state index in [1.54, 1.807) is 0 Å². The van der Waals surface area contributed by atoms with Crippen LogP contribution < -0.4 is 0 Å². The second-order valence-corrected chi connectivity index (χ2v) is 18.3. The second-order valence-electron chi connectivity index (χ2n) is 17.9. The molecule has 0 saturated heterocycles. The summed E-state index contributed by atoms with van der Waals surface area (Å²) >= 11 is 5.95. The van der Waals surface area contributed by atoms with Crippen molar-refractivity contribution in [2.45, 2.75) is 213 Å². The van der Waals surface area contributed by atoms with Crippen molar-refractivity contribution in [1.82, 2.24) is 0 Å². The van der Waals surface area contributed by atoms with E-state index in [2.05, 4.69) is 38.2 Å². The van der Waals surface area contributed by atoms with Crippen LogP contribution in [0, 0.1) is 0 Å². The Labute approximate surface area is 426 Å². The van der Waals surface area contributed by atoms with Crippen LogP contribution in [0.2, 0.25) is 5.02 Å². The molecule has 0 aromatic heterocycles. The highest BCUT2D eigenvalue weighted by Gasteiger charge is 2.20. The minimum absolute atomic E-state index is 0.00816. The number of rotatable bonds is 48. The third-order valence-corrected chi connectivity index (χ3v) is 11.8. The van der Waals surface area contributed by atoms with Crippen LogP contribution in [0.5, 0.6) is 5.75 Å². The number of unbranched alkanes of at least 4 members (excludes halogenated alkanes) is 22. The molecule has 1 aromatic rings. The highest BCUT2D eigenvalue weighted by Crippen LogP contribution is 2.22. The van der Waals surface area contributed by atoms with E-state index in [9.17, 15) is 29.1 Å². The van der Waals surface area contributed by atoms with Gasteiger partial charge in [0.15, 0.2) is 6.10 Å².